The zero-order valence-corrected chi connectivity index (χ0v) is 13.8. The van der Waals surface area contributed by atoms with Crippen molar-refractivity contribution in [3.63, 3.8) is 0 Å². The van der Waals surface area contributed by atoms with Gasteiger partial charge in [0.25, 0.3) is 5.91 Å². The molecule has 2 aromatic rings. The summed E-state index contributed by atoms with van der Waals surface area (Å²) in [5, 5.41) is 2.88. The predicted molar refractivity (Wildman–Crippen MR) is 91.5 cm³/mol. The Hall–Kier alpha value is -2.36. The molecule has 0 aromatic heterocycles. The molecule has 0 bridgehead atoms. The topological polar surface area (TPSA) is 38.3 Å². The Bertz CT molecular complexity index is 712. The van der Waals surface area contributed by atoms with Gasteiger partial charge in [0, 0.05) is 0 Å². The molecule has 0 heterocycles. The molecule has 1 N–H and O–H groups in total. The monoisotopic (exact) mass is 327 g/mol. The summed E-state index contributed by atoms with van der Waals surface area (Å²) >= 11 is 0. The maximum absolute atomic E-state index is 13.0. The zero-order valence-electron chi connectivity index (χ0n) is 13.8. The lowest BCUT2D eigenvalue weighted by Crippen LogP contribution is -2.31. The molecule has 2 aromatic carbocycles. The Kier molecular flexibility index (Phi) is 5.14. The fourth-order valence-corrected chi connectivity index (χ4v) is 3.14. The standard InChI is InChI=1S/C20H22FNO2/c1-14(15-9-11-17(21)12-10-15)22-20(23)13-24-19-8-4-6-16-5-2-3-7-18(16)19/h4,6,8-12,14H,2-3,5,7,13H2,1H3,(H,22,23)/t14-/m0/s1. The van der Waals surface area contributed by atoms with E-state index >= 15 is 0 Å². The Labute approximate surface area is 141 Å². The van der Waals surface area contributed by atoms with Crippen LogP contribution in [0.25, 0.3) is 0 Å². The molecule has 0 saturated heterocycles. The van der Waals surface area contributed by atoms with Gasteiger partial charge in [-0.25, -0.2) is 4.39 Å². The zero-order chi connectivity index (χ0) is 16.9. The van der Waals surface area contributed by atoms with E-state index in [0.29, 0.717) is 0 Å². The third-order valence-electron chi connectivity index (χ3n) is 4.46. The van der Waals surface area contributed by atoms with Gasteiger partial charge >= 0.3 is 0 Å². The molecule has 3 nitrogen and oxygen atoms in total. The third-order valence-corrected chi connectivity index (χ3v) is 4.46. The number of carbonyl (C=O) groups excluding carboxylic acids is 1. The molecular formula is C20H22FNO2. The highest BCUT2D eigenvalue weighted by molar-refractivity contribution is 5.78. The number of fused-ring (bicyclic) bond motifs is 1. The first-order chi connectivity index (χ1) is 11.6. The molecule has 24 heavy (non-hydrogen) atoms. The van der Waals surface area contributed by atoms with Crippen LogP contribution >= 0.6 is 0 Å². The number of ether oxygens (including phenoxy) is 1. The summed E-state index contributed by atoms with van der Waals surface area (Å²) < 4.78 is 18.7. The average Bonchev–Trinajstić information content (AvgIpc) is 2.60. The molecule has 126 valence electrons. The summed E-state index contributed by atoms with van der Waals surface area (Å²) in [6.07, 6.45) is 4.48. The van der Waals surface area contributed by atoms with Crippen LogP contribution in [-0.2, 0) is 17.6 Å². The van der Waals surface area contributed by atoms with Gasteiger partial charge in [0.1, 0.15) is 11.6 Å². The van der Waals surface area contributed by atoms with E-state index in [1.54, 1.807) is 12.1 Å². The minimum Gasteiger partial charge on any atom is -0.483 e. The van der Waals surface area contributed by atoms with E-state index in [1.807, 2.05) is 19.1 Å². The van der Waals surface area contributed by atoms with Crippen LogP contribution in [0.5, 0.6) is 5.75 Å². The van der Waals surface area contributed by atoms with Crippen LogP contribution < -0.4 is 10.1 Å². The number of carbonyl (C=O) groups is 1. The third kappa shape index (κ3) is 3.94. The molecule has 1 amide bonds. The highest BCUT2D eigenvalue weighted by atomic mass is 19.1. The van der Waals surface area contributed by atoms with Gasteiger partial charge in [-0.15, -0.1) is 0 Å². The molecule has 1 aliphatic carbocycles. The summed E-state index contributed by atoms with van der Waals surface area (Å²) in [4.78, 5) is 12.1. The molecule has 4 heteroatoms. The lowest BCUT2D eigenvalue weighted by atomic mass is 9.91. The SMILES string of the molecule is C[C@H](NC(=O)COc1cccc2c1CCCC2)c1ccc(F)cc1. The number of aryl methyl sites for hydroxylation is 1. The van der Waals surface area contributed by atoms with Gasteiger partial charge in [-0.05, 0) is 67.5 Å². The molecule has 0 unspecified atom stereocenters. The molecule has 1 aliphatic rings. The van der Waals surface area contributed by atoms with Crippen LogP contribution in [0.4, 0.5) is 4.39 Å². The number of hydrogen-bond acceptors (Lipinski definition) is 2. The van der Waals surface area contributed by atoms with Crippen molar-refractivity contribution >= 4 is 5.91 Å². The molecule has 0 fully saturated rings. The largest absolute Gasteiger partial charge is 0.483 e. The van der Waals surface area contributed by atoms with E-state index in [0.717, 1.165) is 24.2 Å². The first kappa shape index (κ1) is 16.5. The van der Waals surface area contributed by atoms with Crippen molar-refractivity contribution in [2.45, 2.75) is 38.6 Å². The molecule has 0 spiro atoms. The number of nitrogens with one attached hydrogen (secondary N) is 1. The number of benzene rings is 2. The fourth-order valence-electron chi connectivity index (χ4n) is 3.14. The van der Waals surface area contributed by atoms with Gasteiger partial charge in [-0.2, -0.15) is 0 Å². The first-order valence-electron chi connectivity index (χ1n) is 8.42. The van der Waals surface area contributed by atoms with Crippen molar-refractivity contribution in [3.05, 3.63) is 65.0 Å². The van der Waals surface area contributed by atoms with E-state index in [1.165, 1.54) is 36.1 Å². The molecule has 0 radical (unpaired) electrons. The van der Waals surface area contributed by atoms with Gasteiger partial charge < -0.3 is 10.1 Å². The smallest absolute Gasteiger partial charge is 0.258 e. The van der Waals surface area contributed by atoms with Crippen LogP contribution in [0, 0.1) is 5.82 Å². The van der Waals surface area contributed by atoms with Gasteiger partial charge in [-0.3, -0.25) is 4.79 Å². The Morgan fingerprint density at radius 2 is 1.92 bits per heavy atom. The van der Waals surface area contributed by atoms with E-state index in [4.69, 9.17) is 4.74 Å². The summed E-state index contributed by atoms with van der Waals surface area (Å²) in [5.74, 6) is 0.353. The van der Waals surface area contributed by atoms with Crippen LogP contribution in [0.1, 0.15) is 42.5 Å². The van der Waals surface area contributed by atoms with Gasteiger partial charge in [0.2, 0.25) is 0 Å². The lowest BCUT2D eigenvalue weighted by molar-refractivity contribution is -0.123. The number of halogens is 1. The maximum Gasteiger partial charge on any atom is 0.258 e. The van der Waals surface area contributed by atoms with Crippen molar-refractivity contribution in [2.75, 3.05) is 6.61 Å². The molecule has 1 atom stereocenters. The molecule has 0 aliphatic heterocycles. The van der Waals surface area contributed by atoms with Crippen LogP contribution in [0.2, 0.25) is 0 Å². The highest BCUT2D eigenvalue weighted by Gasteiger charge is 2.15. The van der Waals surface area contributed by atoms with Crippen LogP contribution in [0.15, 0.2) is 42.5 Å². The van der Waals surface area contributed by atoms with Gasteiger partial charge in [0.05, 0.1) is 6.04 Å². The van der Waals surface area contributed by atoms with Crippen molar-refractivity contribution in [3.8, 4) is 5.75 Å². The molecule has 3 rings (SSSR count). The second-order valence-electron chi connectivity index (χ2n) is 6.23. The highest BCUT2D eigenvalue weighted by Crippen LogP contribution is 2.29. The second-order valence-corrected chi connectivity index (χ2v) is 6.23. The average molecular weight is 327 g/mol. The lowest BCUT2D eigenvalue weighted by Gasteiger charge is -2.20. The normalized spacial score (nSPS) is 14.6. The second kappa shape index (κ2) is 7.47. The predicted octanol–water partition coefficient (Wildman–Crippen LogP) is 3.96. The molecular weight excluding hydrogens is 305 g/mol. The summed E-state index contributed by atoms with van der Waals surface area (Å²) in [6.45, 7) is 1.86. The quantitative estimate of drug-likeness (QED) is 0.903. The van der Waals surface area contributed by atoms with E-state index in [-0.39, 0.29) is 24.4 Å². The van der Waals surface area contributed by atoms with Crippen molar-refractivity contribution in [2.24, 2.45) is 0 Å². The van der Waals surface area contributed by atoms with Crippen LogP contribution in [-0.4, -0.2) is 12.5 Å². The van der Waals surface area contributed by atoms with Gasteiger partial charge in [-0.1, -0.05) is 24.3 Å². The van der Waals surface area contributed by atoms with Crippen LogP contribution in [0.3, 0.4) is 0 Å². The van der Waals surface area contributed by atoms with E-state index in [9.17, 15) is 9.18 Å². The minimum atomic E-state index is -0.283. The fraction of sp³-hybridized carbons (Fsp3) is 0.350. The Balaban J connectivity index is 1.57. The van der Waals surface area contributed by atoms with Crippen molar-refractivity contribution < 1.29 is 13.9 Å². The summed E-state index contributed by atoms with van der Waals surface area (Å²) in [5.41, 5.74) is 3.43. The van der Waals surface area contributed by atoms with E-state index in [2.05, 4.69) is 11.4 Å². The summed E-state index contributed by atoms with van der Waals surface area (Å²) in [6, 6.07) is 12.0. The van der Waals surface area contributed by atoms with Crippen molar-refractivity contribution in [1.29, 1.82) is 0 Å². The number of rotatable bonds is 5. The number of hydrogen-bond donors (Lipinski definition) is 1. The number of amides is 1. The minimum absolute atomic E-state index is 0.0119. The Morgan fingerprint density at radius 3 is 2.71 bits per heavy atom. The Morgan fingerprint density at radius 1 is 1.17 bits per heavy atom. The first-order valence-corrected chi connectivity index (χ1v) is 8.42. The summed E-state index contributed by atoms with van der Waals surface area (Å²) in [7, 11) is 0. The molecule has 0 saturated carbocycles. The van der Waals surface area contributed by atoms with Gasteiger partial charge in [0.15, 0.2) is 6.61 Å². The van der Waals surface area contributed by atoms with E-state index < -0.39 is 0 Å². The maximum atomic E-state index is 13.0. The van der Waals surface area contributed by atoms with Crippen molar-refractivity contribution in [1.82, 2.24) is 5.32 Å².